The molecule has 1 aliphatic rings. The van der Waals surface area contributed by atoms with Crippen LogP contribution >= 0.6 is 0 Å². The minimum atomic E-state index is -0.214. The van der Waals surface area contributed by atoms with Crippen LogP contribution in [-0.4, -0.2) is 50.8 Å². The first kappa shape index (κ1) is 19.1. The van der Waals surface area contributed by atoms with Gasteiger partial charge in [-0.2, -0.15) is 0 Å². The lowest BCUT2D eigenvalue weighted by Gasteiger charge is -2.21. The summed E-state index contributed by atoms with van der Waals surface area (Å²) < 4.78 is 7.59. The maximum absolute atomic E-state index is 12.2. The number of amides is 1. The SMILES string of the molecule is COc1ccccc1CN1CCc2nnc(CNC(=O)c3ccccn3)n2CC1. The lowest BCUT2D eigenvalue weighted by atomic mass is 10.2. The van der Waals surface area contributed by atoms with Gasteiger partial charge in [0.2, 0.25) is 0 Å². The van der Waals surface area contributed by atoms with E-state index in [2.05, 4.69) is 36.0 Å². The van der Waals surface area contributed by atoms with E-state index in [4.69, 9.17) is 4.74 Å². The highest BCUT2D eigenvalue weighted by atomic mass is 16.5. The third-order valence-corrected chi connectivity index (χ3v) is 5.09. The number of aromatic nitrogens is 4. The Kier molecular flexibility index (Phi) is 5.81. The van der Waals surface area contributed by atoms with E-state index in [1.54, 1.807) is 31.5 Å². The lowest BCUT2D eigenvalue weighted by Crippen LogP contribution is -2.28. The van der Waals surface area contributed by atoms with Crippen molar-refractivity contribution in [3.8, 4) is 5.75 Å². The van der Waals surface area contributed by atoms with E-state index in [0.717, 1.165) is 50.0 Å². The summed E-state index contributed by atoms with van der Waals surface area (Å²) in [4.78, 5) is 18.7. The molecule has 0 atom stereocenters. The zero-order chi connectivity index (χ0) is 20.1. The molecule has 8 nitrogen and oxygen atoms in total. The fourth-order valence-corrected chi connectivity index (χ4v) is 3.54. The molecule has 8 heteroatoms. The Morgan fingerprint density at radius 1 is 1.10 bits per heavy atom. The highest BCUT2D eigenvalue weighted by Crippen LogP contribution is 2.20. The normalized spacial score (nSPS) is 14.1. The highest BCUT2D eigenvalue weighted by molar-refractivity contribution is 5.92. The van der Waals surface area contributed by atoms with Crippen molar-refractivity contribution in [3.63, 3.8) is 0 Å². The number of nitrogens with one attached hydrogen (secondary N) is 1. The number of hydrogen-bond donors (Lipinski definition) is 1. The summed E-state index contributed by atoms with van der Waals surface area (Å²) in [5.41, 5.74) is 1.57. The largest absolute Gasteiger partial charge is 0.496 e. The van der Waals surface area contributed by atoms with Gasteiger partial charge in [-0.15, -0.1) is 10.2 Å². The molecule has 1 N–H and O–H groups in total. The Labute approximate surface area is 169 Å². The number of hydrogen-bond acceptors (Lipinski definition) is 6. The number of ether oxygens (including phenoxy) is 1. The smallest absolute Gasteiger partial charge is 0.270 e. The van der Waals surface area contributed by atoms with Crippen molar-refractivity contribution in [2.24, 2.45) is 0 Å². The fourth-order valence-electron chi connectivity index (χ4n) is 3.54. The molecule has 4 rings (SSSR count). The third kappa shape index (κ3) is 4.43. The molecule has 0 radical (unpaired) electrons. The maximum atomic E-state index is 12.2. The summed E-state index contributed by atoms with van der Waals surface area (Å²) in [6.07, 6.45) is 2.42. The van der Waals surface area contributed by atoms with Crippen LogP contribution in [0.25, 0.3) is 0 Å². The summed E-state index contributed by atoms with van der Waals surface area (Å²) >= 11 is 0. The van der Waals surface area contributed by atoms with Crippen LogP contribution in [0, 0.1) is 0 Å². The van der Waals surface area contributed by atoms with Crippen molar-refractivity contribution in [2.45, 2.75) is 26.1 Å². The molecular formula is C21H24N6O2. The van der Waals surface area contributed by atoms with Gasteiger partial charge in [0.1, 0.15) is 17.3 Å². The predicted molar refractivity (Wildman–Crippen MR) is 107 cm³/mol. The molecule has 1 aromatic carbocycles. The van der Waals surface area contributed by atoms with Gasteiger partial charge in [0.05, 0.1) is 13.7 Å². The molecule has 3 heterocycles. The summed E-state index contributed by atoms with van der Waals surface area (Å²) in [5, 5.41) is 11.5. The number of benzene rings is 1. The first-order chi connectivity index (χ1) is 14.2. The van der Waals surface area contributed by atoms with E-state index in [1.165, 1.54) is 5.56 Å². The van der Waals surface area contributed by atoms with Crippen molar-refractivity contribution in [3.05, 3.63) is 71.6 Å². The lowest BCUT2D eigenvalue weighted by molar-refractivity contribution is 0.0944. The zero-order valence-electron chi connectivity index (χ0n) is 16.4. The van der Waals surface area contributed by atoms with Gasteiger partial charge in [-0.3, -0.25) is 14.7 Å². The molecule has 0 aliphatic carbocycles. The third-order valence-electron chi connectivity index (χ3n) is 5.09. The quantitative estimate of drug-likeness (QED) is 0.687. The number of rotatable bonds is 6. The Hall–Kier alpha value is -3.26. The van der Waals surface area contributed by atoms with Crippen molar-refractivity contribution in [1.29, 1.82) is 0 Å². The Balaban J connectivity index is 1.38. The number of carbonyl (C=O) groups is 1. The maximum Gasteiger partial charge on any atom is 0.270 e. The van der Waals surface area contributed by atoms with Crippen LogP contribution in [0.1, 0.15) is 27.7 Å². The van der Waals surface area contributed by atoms with E-state index in [-0.39, 0.29) is 5.91 Å². The van der Waals surface area contributed by atoms with Crippen molar-refractivity contribution in [2.75, 3.05) is 20.2 Å². The van der Waals surface area contributed by atoms with E-state index < -0.39 is 0 Å². The molecule has 0 fully saturated rings. The molecule has 0 saturated heterocycles. The monoisotopic (exact) mass is 392 g/mol. The van der Waals surface area contributed by atoms with Gasteiger partial charge in [-0.25, -0.2) is 0 Å². The second-order valence-corrected chi connectivity index (χ2v) is 6.92. The van der Waals surface area contributed by atoms with E-state index >= 15 is 0 Å². The minimum Gasteiger partial charge on any atom is -0.496 e. The number of pyridine rings is 1. The molecule has 1 aliphatic heterocycles. The Morgan fingerprint density at radius 3 is 2.79 bits per heavy atom. The molecular weight excluding hydrogens is 368 g/mol. The second-order valence-electron chi connectivity index (χ2n) is 6.92. The Bertz CT molecular complexity index is 972. The van der Waals surface area contributed by atoms with Crippen LogP contribution in [0.4, 0.5) is 0 Å². The topological polar surface area (TPSA) is 85.2 Å². The van der Waals surface area contributed by atoms with Gasteiger partial charge < -0.3 is 14.6 Å². The molecule has 150 valence electrons. The highest BCUT2D eigenvalue weighted by Gasteiger charge is 2.20. The van der Waals surface area contributed by atoms with Crippen molar-refractivity contribution >= 4 is 5.91 Å². The number of methoxy groups -OCH3 is 1. The molecule has 0 saturated carbocycles. The van der Waals surface area contributed by atoms with Crippen LogP contribution in [0.2, 0.25) is 0 Å². The van der Waals surface area contributed by atoms with Crippen LogP contribution < -0.4 is 10.1 Å². The first-order valence-corrected chi connectivity index (χ1v) is 9.69. The molecule has 2 aromatic heterocycles. The summed E-state index contributed by atoms with van der Waals surface area (Å²) in [6, 6.07) is 13.4. The fraction of sp³-hybridized carbons (Fsp3) is 0.333. The standard InChI is InChI=1S/C21H24N6O2/c1-29-18-8-3-2-6-16(18)15-26-11-9-19-24-25-20(27(19)13-12-26)14-23-21(28)17-7-4-5-10-22-17/h2-8,10H,9,11-15H2,1H3,(H,23,28). The number of para-hydroxylation sites is 1. The van der Waals surface area contributed by atoms with Crippen molar-refractivity contribution in [1.82, 2.24) is 30.0 Å². The van der Waals surface area contributed by atoms with E-state index in [1.807, 2.05) is 18.2 Å². The summed E-state index contributed by atoms with van der Waals surface area (Å²) in [6.45, 7) is 3.72. The predicted octanol–water partition coefficient (Wildman–Crippen LogP) is 1.67. The molecule has 29 heavy (non-hydrogen) atoms. The summed E-state index contributed by atoms with van der Waals surface area (Å²) in [7, 11) is 1.70. The minimum absolute atomic E-state index is 0.214. The second kappa shape index (κ2) is 8.83. The van der Waals surface area contributed by atoms with Crippen LogP contribution in [-0.2, 0) is 26.1 Å². The van der Waals surface area contributed by atoms with Gasteiger partial charge in [0, 0.05) is 44.4 Å². The van der Waals surface area contributed by atoms with Gasteiger partial charge in [-0.1, -0.05) is 24.3 Å². The van der Waals surface area contributed by atoms with E-state index in [9.17, 15) is 4.79 Å². The van der Waals surface area contributed by atoms with E-state index in [0.29, 0.717) is 12.2 Å². The molecule has 0 bridgehead atoms. The van der Waals surface area contributed by atoms with Crippen molar-refractivity contribution < 1.29 is 9.53 Å². The van der Waals surface area contributed by atoms with Gasteiger partial charge in [0.15, 0.2) is 5.82 Å². The van der Waals surface area contributed by atoms with Gasteiger partial charge >= 0.3 is 0 Å². The number of carbonyl (C=O) groups excluding carboxylic acids is 1. The zero-order valence-corrected chi connectivity index (χ0v) is 16.4. The van der Waals surface area contributed by atoms with Crippen LogP contribution in [0.3, 0.4) is 0 Å². The molecule has 0 spiro atoms. The summed E-state index contributed by atoms with van der Waals surface area (Å²) in [5.74, 6) is 2.42. The average molecular weight is 392 g/mol. The van der Waals surface area contributed by atoms with Gasteiger partial charge in [-0.05, 0) is 18.2 Å². The van der Waals surface area contributed by atoms with Crippen LogP contribution in [0.15, 0.2) is 48.7 Å². The Morgan fingerprint density at radius 2 is 1.97 bits per heavy atom. The van der Waals surface area contributed by atoms with Crippen LogP contribution in [0.5, 0.6) is 5.75 Å². The van der Waals surface area contributed by atoms with Gasteiger partial charge in [0.25, 0.3) is 5.91 Å². The number of fused-ring (bicyclic) bond motifs is 1. The number of nitrogens with zero attached hydrogens (tertiary/aromatic N) is 5. The molecule has 1 amide bonds. The molecule has 3 aromatic rings. The first-order valence-electron chi connectivity index (χ1n) is 9.69. The molecule has 0 unspecified atom stereocenters. The average Bonchev–Trinajstić information content (AvgIpc) is 3.05.